The van der Waals surface area contributed by atoms with E-state index in [4.69, 9.17) is 9.26 Å². The number of carbonyl (C=O) groups excluding carboxylic acids is 1. The Bertz CT molecular complexity index is 641. The molecule has 5 nitrogen and oxygen atoms in total. The van der Waals surface area contributed by atoms with Gasteiger partial charge in [0, 0.05) is 12.5 Å². The number of ether oxygens (including phenoxy) is 1. The van der Waals surface area contributed by atoms with Gasteiger partial charge in [-0.05, 0) is 12.8 Å². The van der Waals surface area contributed by atoms with Crippen LogP contribution >= 0.6 is 0 Å². The smallest absolute Gasteiger partial charge is 0.372 e. The van der Waals surface area contributed by atoms with Crippen LogP contribution in [-0.2, 0) is 11.3 Å². The second kappa shape index (κ2) is 8.55. The summed E-state index contributed by atoms with van der Waals surface area (Å²) in [6.45, 7) is -0.997. The van der Waals surface area contributed by atoms with Crippen molar-refractivity contribution in [1.29, 1.82) is 0 Å². The maximum Gasteiger partial charge on any atom is 0.405 e. The average Bonchev–Trinajstić information content (AvgIpc) is 2.95. The first-order valence-electron chi connectivity index (χ1n) is 7.47. The summed E-state index contributed by atoms with van der Waals surface area (Å²) in [5.74, 6) is 5.45. The Morgan fingerprint density at radius 1 is 1.50 bits per heavy atom. The number of hydrogen-bond acceptors (Lipinski definition) is 4. The highest BCUT2D eigenvalue weighted by Gasteiger charge is 2.28. The third-order valence-electron chi connectivity index (χ3n) is 3.11. The van der Waals surface area contributed by atoms with Crippen molar-refractivity contribution >= 4 is 5.91 Å². The fourth-order valence-corrected chi connectivity index (χ4v) is 1.96. The van der Waals surface area contributed by atoms with Gasteiger partial charge in [-0.2, -0.15) is 13.2 Å². The molecule has 2 rings (SSSR count). The van der Waals surface area contributed by atoms with Gasteiger partial charge in [-0.15, -0.1) is 5.92 Å². The number of nitrogens with one attached hydrogen (secondary N) is 1. The van der Waals surface area contributed by atoms with Crippen LogP contribution in [0.2, 0.25) is 0 Å². The van der Waals surface area contributed by atoms with Gasteiger partial charge >= 0.3 is 6.18 Å². The first kappa shape index (κ1) is 18.1. The van der Waals surface area contributed by atoms with Gasteiger partial charge in [-0.3, -0.25) is 4.79 Å². The van der Waals surface area contributed by atoms with E-state index in [0.717, 1.165) is 19.3 Å². The molecule has 130 valence electrons. The van der Waals surface area contributed by atoms with Crippen molar-refractivity contribution in [3.8, 4) is 11.8 Å². The Morgan fingerprint density at radius 3 is 3.12 bits per heavy atom. The Kier molecular flexibility index (Phi) is 6.44. The molecule has 0 aliphatic heterocycles. The van der Waals surface area contributed by atoms with E-state index in [2.05, 4.69) is 23.1 Å². The molecule has 24 heavy (non-hydrogen) atoms. The highest BCUT2D eigenvalue weighted by Crippen LogP contribution is 2.13. The predicted molar refractivity (Wildman–Crippen MR) is 78.8 cm³/mol. The normalized spacial score (nSPS) is 17.5. The molecule has 0 saturated heterocycles. The second-order valence-electron chi connectivity index (χ2n) is 5.24. The Morgan fingerprint density at radius 2 is 2.33 bits per heavy atom. The van der Waals surface area contributed by atoms with Crippen LogP contribution in [0.3, 0.4) is 0 Å². The summed E-state index contributed by atoms with van der Waals surface area (Å²) in [5.41, 5.74) is -0.219. The monoisotopic (exact) mass is 342 g/mol. The van der Waals surface area contributed by atoms with Crippen LogP contribution < -0.4 is 5.32 Å². The lowest BCUT2D eigenvalue weighted by Gasteiger charge is -2.07. The molecule has 1 unspecified atom stereocenters. The fourth-order valence-electron chi connectivity index (χ4n) is 1.96. The molecule has 1 N–H and O–H groups in total. The van der Waals surface area contributed by atoms with Crippen molar-refractivity contribution in [3.63, 3.8) is 0 Å². The number of hydrogen-bond donors (Lipinski definition) is 1. The van der Waals surface area contributed by atoms with Crippen LogP contribution in [0.15, 0.2) is 22.7 Å². The maximum atomic E-state index is 12.0. The summed E-state index contributed by atoms with van der Waals surface area (Å²) in [6, 6.07) is 1.26. The van der Waals surface area contributed by atoms with Crippen LogP contribution in [0.5, 0.6) is 0 Å². The van der Waals surface area contributed by atoms with E-state index >= 15 is 0 Å². The van der Waals surface area contributed by atoms with Crippen molar-refractivity contribution in [2.24, 2.45) is 5.92 Å². The predicted octanol–water partition coefficient (Wildman–Crippen LogP) is 2.84. The largest absolute Gasteiger partial charge is 0.405 e. The molecule has 1 aliphatic rings. The van der Waals surface area contributed by atoms with Crippen molar-refractivity contribution in [3.05, 3.63) is 29.7 Å². The zero-order chi connectivity index (χ0) is 17.4. The van der Waals surface area contributed by atoms with Gasteiger partial charge in [0.25, 0.3) is 5.91 Å². The zero-order valence-corrected chi connectivity index (χ0v) is 12.9. The van der Waals surface area contributed by atoms with Crippen LogP contribution in [0.25, 0.3) is 0 Å². The van der Waals surface area contributed by atoms with E-state index in [9.17, 15) is 18.0 Å². The molecule has 1 aromatic heterocycles. The van der Waals surface area contributed by atoms with E-state index in [1.165, 1.54) is 6.07 Å². The molecule has 0 fully saturated rings. The molecular formula is C16H17F3N2O3. The molecule has 1 aliphatic carbocycles. The minimum atomic E-state index is -4.47. The zero-order valence-electron chi connectivity index (χ0n) is 12.9. The molecule has 8 heteroatoms. The van der Waals surface area contributed by atoms with Gasteiger partial charge in [-0.1, -0.05) is 23.2 Å². The molecule has 0 spiro atoms. The van der Waals surface area contributed by atoms with E-state index < -0.39 is 18.6 Å². The molecule has 1 heterocycles. The third-order valence-corrected chi connectivity index (χ3v) is 3.11. The first-order chi connectivity index (χ1) is 11.4. The lowest BCUT2D eigenvalue weighted by atomic mass is 10.1. The molecule has 0 aromatic carbocycles. The first-order valence-corrected chi connectivity index (χ1v) is 7.47. The molecule has 0 saturated carbocycles. The second-order valence-corrected chi connectivity index (χ2v) is 5.24. The number of allylic oxidation sites excluding steroid dienone is 1. The van der Waals surface area contributed by atoms with E-state index in [0.29, 0.717) is 6.61 Å². The molecule has 1 amide bonds. The Hall–Kier alpha value is -2.27. The van der Waals surface area contributed by atoms with Crippen molar-refractivity contribution in [2.75, 3.05) is 13.2 Å². The number of alkyl halides is 3. The quantitative estimate of drug-likeness (QED) is 0.638. The summed E-state index contributed by atoms with van der Waals surface area (Å²) >= 11 is 0. The highest BCUT2D eigenvalue weighted by molar-refractivity contribution is 5.92. The maximum absolute atomic E-state index is 12.0. The summed E-state index contributed by atoms with van der Waals surface area (Å²) in [5, 5.41) is 5.15. The number of aromatic nitrogens is 1. The SMILES string of the molecule is O=C(NCC(F)(F)F)c1cc(COCC2C#CCCCC=C2)on1. The molecular weight excluding hydrogens is 325 g/mol. The van der Waals surface area contributed by atoms with Gasteiger partial charge in [0.15, 0.2) is 11.5 Å². The van der Waals surface area contributed by atoms with E-state index in [1.807, 2.05) is 6.08 Å². The lowest BCUT2D eigenvalue weighted by molar-refractivity contribution is -0.123. The van der Waals surface area contributed by atoms with Crippen molar-refractivity contribution in [1.82, 2.24) is 10.5 Å². The topological polar surface area (TPSA) is 64.4 Å². The molecule has 0 bridgehead atoms. The minimum Gasteiger partial charge on any atom is -0.372 e. The number of rotatable bonds is 6. The number of amides is 1. The van der Waals surface area contributed by atoms with Crippen LogP contribution in [0, 0.1) is 17.8 Å². The third kappa shape index (κ3) is 6.46. The Balaban J connectivity index is 1.78. The van der Waals surface area contributed by atoms with Gasteiger partial charge in [0.1, 0.15) is 13.2 Å². The van der Waals surface area contributed by atoms with E-state index in [1.54, 1.807) is 5.32 Å². The fraction of sp³-hybridized carbons (Fsp3) is 0.500. The summed E-state index contributed by atoms with van der Waals surface area (Å²) in [6.07, 6.45) is 2.48. The van der Waals surface area contributed by atoms with E-state index in [-0.39, 0.29) is 24.0 Å². The Labute approximate surface area is 137 Å². The van der Waals surface area contributed by atoms with Gasteiger partial charge in [0.2, 0.25) is 0 Å². The number of nitrogens with zero attached hydrogens (tertiary/aromatic N) is 1. The average molecular weight is 342 g/mol. The highest BCUT2D eigenvalue weighted by atomic mass is 19.4. The minimum absolute atomic E-state index is 0.0113. The van der Waals surface area contributed by atoms with Crippen molar-refractivity contribution in [2.45, 2.75) is 32.0 Å². The van der Waals surface area contributed by atoms with Gasteiger partial charge < -0.3 is 14.6 Å². The van der Waals surface area contributed by atoms with Crippen molar-refractivity contribution < 1.29 is 27.2 Å². The van der Waals surface area contributed by atoms with Gasteiger partial charge in [0.05, 0.1) is 12.5 Å². The number of carbonyl (C=O) groups is 1. The lowest BCUT2D eigenvalue weighted by Crippen LogP contribution is -2.33. The molecule has 0 radical (unpaired) electrons. The summed E-state index contributed by atoms with van der Waals surface area (Å²) in [7, 11) is 0. The molecule has 1 atom stereocenters. The molecule has 1 aromatic rings. The summed E-state index contributed by atoms with van der Waals surface area (Å²) in [4.78, 5) is 11.5. The summed E-state index contributed by atoms with van der Waals surface area (Å²) < 4.78 is 46.5. The van der Waals surface area contributed by atoms with Gasteiger partial charge in [-0.25, -0.2) is 0 Å². The standard InChI is InChI=1S/C16H17F3N2O3/c17-16(18,19)11-20-15(22)14-8-13(24-21-14)10-23-9-12-6-4-2-1-3-5-7-12/h4,6,8,12H,1-3,9-11H2,(H,20,22). The van der Waals surface area contributed by atoms with Crippen LogP contribution in [0.4, 0.5) is 13.2 Å². The number of halogens is 3. The van der Waals surface area contributed by atoms with Crippen LogP contribution in [0.1, 0.15) is 35.5 Å². The van der Waals surface area contributed by atoms with Crippen LogP contribution in [-0.4, -0.2) is 30.4 Å².